The predicted molar refractivity (Wildman–Crippen MR) is 106 cm³/mol. The molecule has 0 bridgehead atoms. The number of benzene rings is 2. The lowest BCUT2D eigenvalue weighted by molar-refractivity contribution is -0.131. The lowest BCUT2D eigenvalue weighted by atomic mass is 10.1. The van der Waals surface area contributed by atoms with Crippen LogP contribution in [0.15, 0.2) is 66.1 Å². The Morgan fingerprint density at radius 1 is 1.14 bits per heavy atom. The van der Waals surface area contributed by atoms with Crippen LogP contribution in [0, 0.1) is 5.82 Å². The monoisotopic (exact) mass is 416 g/mol. The van der Waals surface area contributed by atoms with Crippen molar-refractivity contribution in [2.75, 3.05) is 12.8 Å². The lowest BCUT2D eigenvalue weighted by Gasteiger charge is -2.25. The molecule has 0 N–H and O–H groups in total. The quantitative estimate of drug-likeness (QED) is 0.553. The number of nitrogens with zero attached hydrogens (tertiary/aromatic N) is 4. The summed E-state index contributed by atoms with van der Waals surface area (Å²) in [6.45, 7) is 1.87. The summed E-state index contributed by atoms with van der Waals surface area (Å²) in [5.41, 5.74) is 1.75. The molecule has 0 saturated carbocycles. The van der Waals surface area contributed by atoms with Gasteiger partial charge >= 0.3 is 0 Å². The van der Waals surface area contributed by atoms with Crippen molar-refractivity contribution >= 4 is 15.7 Å². The van der Waals surface area contributed by atoms with Crippen LogP contribution in [0.3, 0.4) is 0 Å². The number of rotatable bonds is 7. The van der Waals surface area contributed by atoms with Gasteiger partial charge in [0.1, 0.15) is 18.5 Å². The molecule has 9 heteroatoms. The Labute approximate surface area is 168 Å². The third-order valence-corrected chi connectivity index (χ3v) is 6.52. The molecule has 0 spiro atoms. The molecule has 0 unspecified atom stereocenters. The Morgan fingerprint density at radius 2 is 1.79 bits per heavy atom. The number of carbonyl (C=O) groups is 1. The van der Waals surface area contributed by atoms with Crippen molar-refractivity contribution in [1.29, 1.82) is 0 Å². The Morgan fingerprint density at radius 3 is 2.38 bits per heavy atom. The van der Waals surface area contributed by atoms with Gasteiger partial charge in [0, 0.05) is 13.5 Å². The van der Waals surface area contributed by atoms with Crippen LogP contribution < -0.4 is 0 Å². The number of halogens is 1. The van der Waals surface area contributed by atoms with E-state index in [1.807, 2.05) is 31.2 Å². The predicted octanol–water partition coefficient (Wildman–Crippen LogP) is 2.79. The average Bonchev–Trinajstić information content (AvgIpc) is 3.26. The van der Waals surface area contributed by atoms with Gasteiger partial charge in [-0.15, -0.1) is 0 Å². The van der Waals surface area contributed by atoms with Gasteiger partial charge in [0.25, 0.3) is 0 Å². The third kappa shape index (κ3) is 4.86. The largest absolute Gasteiger partial charge is 0.339 e. The number of hydrogen-bond acceptors (Lipinski definition) is 5. The van der Waals surface area contributed by atoms with Gasteiger partial charge in [0.15, 0.2) is 9.84 Å². The first-order valence-electron chi connectivity index (χ1n) is 8.97. The molecule has 3 aromatic rings. The van der Waals surface area contributed by atoms with Crippen LogP contribution in [-0.2, 0) is 14.6 Å². The molecule has 1 amide bonds. The van der Waals surface area contributed by atoms with E-state index in [-0.39, 0.29) is 29.0 Å². The van der Waals surface area contributed by atoms with Crippen molar-refractivity contribution in [2.24, 2.45) is 0 Å². The molecule has 1 aromatic heterocycles. The minimum atomic E-state index is -3.66. The Hall–Kier alpha value is -3.07. The van der Waals surface area contributed by atoms with Crippen LogP contribution in [0.1, 0.15) is 24.9 Å². The molecule has 0 aliphatic rings. The van der Waals surface area contributed by atoms with Crippen molar-refractivity contribution in [2.45, 2.75) is 24.3 Å². The topological polar surface area (TPSA) is 85.2 Å². The zero-order chi connectivity index (χ0) is 21.0. The van der Waals surface area contributed by atoms with E-state index in [1.165, 1.54) is 23.4 Å². The summed E-state index contributed by atoms with van der Waals surface area (Å²) in [5.74, 6) is -1.13. The maximum Gasteiger partial charge on any atom is 0.223 e. The summed E-state index contributed by atoms with van der Waals surface area (Å²) < 4.78 is 39.3. The number of amides is 1. The van der Waals surface area contributed by atoms with Gasteiger partial charge in [-0.3, -0.25) is 4.79 Å². The van der Waals surface area contributed by atoms with Crippen LogP contribution in [0.4, 0.5) is 4.39 Å². The van der Waals surface area contributed by atoms with E-state index in [4.69, 9.17) is 0 Å². The fraction of sp³-hybridized carbons (Fsp3) is 0.250. The Kier molecular flexibility index (Phi) is 6.07. The standard InChI is InChI=1S/C20H21FN4O3S/c1-15(16-3-7-18(8-4-16)25-14-22-13-23-25)24(2)20(26)11-12-29(27,28)19-9-5-17(21)6-10-19/h3-10,13-15H,11-12H2,1-2H3/t15-/m0/s1. The van der Waals surface area contributed by atoms with Gasteiger partial charge in [-0.2, -0.15) is 5.10 Å². The highest BCUT2D eigenvalue weighted by Gasteiger charge is 2.21. The van der Waals surface area contributed by atoms with Gasteiger partial charge in [0.2, 0.25) is 5.91 Å². The molecule has 3 rings (SSSR count). The average molecular weight is 416 g/mol. The zero-order valence-corrected chi connectivity index (χ0v) is 16.9. The second-order valence-corrected chi connectivity index (χ2v) is 8.74. The van der Waals surface area contributed by atoms with Crippen molar-refractivity contribution < 1.29 is 17.6 Å². The first-order chi connectivity index (χ1) is 13.8. The fourth-order valence-electron chi connectivity index (χ4n) is 2.84. The van der Waals surface area contributed by atoms with E-state index in [1.54, 1.807) is 18.1 Å². The van der Waals surface area contributed by atoms with Crippen molar-refractivity contribution in [3.8, 4) is 5.69 Å². The maximum atomic E-state index is 13.0. The lowest BCUT2D eigenvalue weighted by Crippen LogP contribution is -2.31. The number of sulfone groups is 1. The number of aromatic nitrogens is 3. The van der Waals surface area contributed by atoms with E-state index < -0.39 is 15.7 Å². The van der Waals surface area contributed by atoms with Crippen LogP contribution in [0.25, 0.3) is 5.69 Å². The molecular formula is C20H21FN4O3S. The summed E-state index contributed by atoms with van der Waals surface area (Å²) in [7, 11) is -2.01. The molecule has 1 atom stereocenters. The SMILES string of the molecule is C[C@@H](c1ccc(-n2cncn2)cc1)N(C)C(=O)CCS(=O)(=O)c1ccc(F)cc1. The van der Waals surface area contributed by atoms with E-state index in [0.717, 1.165) is 23.4 Å². The fourth-order valence-corrected chi connectivity index (χ4v) is 4.07. The molecule has 0 saturated heterocycles. The first kappa shape index (κ1) is 20.7. The smallest absolute Gasteiger partial charge is 0.223 e. The second-order valence-electron chi connectivity index (χ2n) is 6.63. The zero-order valence-electron chi connectivity index (χ0n) is 16.1. The first-order valence-corrected chi connectivity index (χ1v) is 10.6. The van der Waals surface area contributed by atoms with Crippen LogP contribution in [-0.4, -0.2) is 46.8 Å². The van der Waals surface area contributed by atoms with E-state index in [9.17, 15) is 17.6 Å². The summed E-state index contributed by atoms with van der Waals surface area (Å²) in [6.07, 6.45) is 2.89. The molecule has 0 fully saturated rings. The number of hydrogen-bond donors (Lipinski definition) is 0. The molecule has 29 heavy (non-hydrogen) atoms. The van der Waals surface area contributed by atoms with Gasteiger partial charge in [-0.1, -0.05) is 12.1 Å². The second kappa shape index (κ2) is 8.52. The minimum absolute atomic E-state index is 0.00565. The number of carbonyl (C=O) groups excluding carboxylic acids is 1. The van der Waals surface area contributed by atoms with E-state index in [0.29, 0.717) is 0 Å². The molecule has 0 radical (unpaired) electrons. The van der Waals surface area contributed by atoms with Crippen molar-refractivity contribution in [1.82, 2.24) is 19.7 Å². The summed E-state index contributed by atoms with van der Waals surface area (Å²) in [6, 6.07) is 11.9. The molecule has 152 valence electrons. The highest BCUT2D eigenvalue weighted by Crippen LogP contribution is 2.21. The van der Waals surface area contributed by atoms with Gasteiger partial charge in [0.05, 0.1) is 22.4 Å². The summed E-state index contributed by atoms with van der Waals surface area (Å²) in [4.78, 5) is 18.0. The van der Waals surface area contributed by atoms with Crippen molar-refractivity contribution in [3.05, 3.63) is 72.6 Å². The van der Waals surface area contributed by atoms with Crippen LogP contribution in [0.2, 0.25) is 0 Å². The molecule has 1 heterocycles. The third-order valence-electron chi connectivity index (χ3n) is 4.79. The summed E-state index contributed by atoms with van der Waals surface area (Å²) >= 11 is 0. The summed E-state index contributed by atoms with van der Waals surface area (Å²) in [5, 5.41) is 4.06. The Balaban J connectivity index is 1.62. The van der Waals surface area contributed by atoms with Gasteiger partial charge < -0.3 is 4.90 Å². The van der Waals surface area contributed by atoms with Crippen LogP contribution in [0.5, 0.6) is 0 Å². The molecule has 0 aliphatic carbocycles. The van der Waals surface area contributed by atoms with Crippen LogP contribution >= 0.6 is 0 Å². The molecular weight excluding hydrogens is 395 g/mol. The highest BCUT2D eigenvalue weighted by molar-refractivity contribution is 7.91. The minimum Gasteiger partial charge on any atom is -0.339 e. The molecule has 0 aliphatic heterocycles. The normalized spacial score (nSPS) is 12.5. The molecule has 7 nitrogen and oxygen atoms in total. The highest BCUT2D eigenvalue weighted by atomic mass is 32.2. The van der Waals surface area contributed by atoms with E-state index >= 15 is 0 Å². The maximum absolute atomic E-state index is 13.0. The van der Waals surface area contributed by atoms with Gasteiger partial charge in [-0.25, -0.2) is 22.5 Å². The van der Waals surface area contributed by atoms with Gasteiger partial charge in [-0.05, 0) is 48.9 Å². The van der Waals surface area contributed by atoms with E-state index in [2.05, 4.69) is 10.1 Å². The Bertz CT molecular complexity index is 1070. The molecule has 2 aromatic carbocycles. The van der Waals surface area contributed by atoms with Crippen molar-refractivity contribution in [3.63, 3.8) is 0 Å².